The van der Waals surface area contributed by atoms with Crippen molar-refractivity contribution in [2.45, 2.75) is 25.4 Å². The fourth-order valence-corrected chi connectivity index (χ4v) is 2.65. The highest BCUT2D eigenvalue weighted by Crippen LogP contribution is 2.31. The van der Waals surface area contributed by atoms with Crippen LogP contribution in [-0.4, -0.2) is 37.6 Å². The van der Waals surface area contributed by atoms with Crippen molar-refractivity contribution in [2.75, 3.05) is 37.6 Å². The van der Waals surface area contributed by atoms with Crippen molar-refractivity contribution in [1.82, 2.24) is 4.90 Å². The minimum Gasteiger partial charge on any atom is -0.369 e. The number of nitrogens with zero attached hydrogens (tertiary/aromatic N) is 3. The molecule has 0 aromatic heterocycles. The molecule has 0 amide bonds. The number of piperazine rings is 1. The van der Waals surface area contributed by atoms with Gasteiger partial charge in [0.05, 0.1) is 11.6 Å². The summed E-state index contributed by atoms with van der Waals surface area (Å²) in [5.74, 6) is 0. The Morgan fingerprint density at radius 1 is 1.09 bits per heavy atom. The first-order valence-electron chi connectivity index (χ1n) is 7.52. The highest BCUT2D eigenvalue weighted by molar-refractivity contribution is 5.49. The molecule has 0 atom stereocenters. The highest BCUT2D eigenvalue weighted by Gasteiger charge is 2.31. The summed E-state index contributed by atoms with van der Waals surface area (Å²) in [6.07, 6.45) is -1.80. The van der Waals surface area contributed by atoms with Crippen molar-refractivity contribution in [1.29, 1.82) is 5.26 Å². The summed E-state index contributed by atoms with van der Waals surface area (Å²) in [5.41, 5.74) is 0.0443. The van der Waals surface area contributed by atoms with E-state index in [1.807, 2.05) is 4.90 Å². The van der Waals surface area contributed by atoms with E-state index in [2.05, 4.69) is 11.0 Å². The van der Waals surface area contributed by atoms with E-state index in [9.17, 15) is 13.2 Å². The molecule has 22 heavy (non-hydrogen) atoms. The predicted molar refractivity (Wildman–Crippen MR) is 79.6 cm³/mol. The Morgan fingerprint density at radius 3 is 2.45 bits per heavy atom. The van der Waals surface area contributed by atoms with E-state index in [0.717, 1.165) is 51.6 Å². The van der Waals surface area contributed by atoms with Gasteiger partial charge in [-0.1, -0.05) is 6.07 Å². The molecule has 0 unspecified atom stereocenters. The molecule has 1 saturated heterocycles. The molecule has 0 spiro atoms. The first kappa shape index (κ1) is 16.6. The smallest absolute Gasteiger partial charge is 0.369 e. The molecule has 0 bridgehead atoms. The lowest BCUT2D eigenvalue weighted by atomic mass is 10.1. The van der Waals surface area contributed by atoms with Crippen LogP contribution in [0.4, 0.5) is 18.9 Å². The zero-order valence-corrected chi connectivity index (χ0v) is 12.4. The fourth-order valence-electron chi connectivity index (χ4n) is 2.65. The third kappa shape index (κ3) is 4.63. The van der Waals surface area contributed by atoms with Crippen LogP contribution in [0, 0.1) is 11.3 Å². The molecule has 3 nitrogen and oxygen atoms in total. The fraction of sp³-hybridized carbons (Fsp3) is 0.562. The molecule has 0 radical (unpaired) electrons. The van der Waals surface area contributed by atoms with Crippen molar-refractivity contribution >= 4 is 5.69 Å². The van der Waals surface area contributed by atoms with Gasteiger partial charge in [-0.2, -0.15) is 18.4 Å². The third-order valence-corrected chi connectivity index (χ3v) is 3.92. The Kier molecular flexibility index (Phi) is 5.67. The number of benzene rings is 1. The molecular formula is C16H20F3N3. The van der Waals surface area contributed by atoms with Gasteiger partial charge in [-0.3, -0.25) is 4.90 Å². The Balaban J connectivity index is 1.85. The topological polar surface area (TPSA) is 30.3 Å². The molecule has 0 N–H and O–H groups in total. The molecule has 1 aromatic rings. The second-order valence-corrected chi connectivity index (χ2v) is 5.49. The van der Waals surface area contributed by atoms with Gasteiger partial charge < -0.3 is 4.90 Å². The van der Waals surface area contributed by atoms with Gasteiger partial charge in [0.1, 0.15) is 0 Å². The summed E-state index contributed by atoms with van der Waals surface area (Å²) in [6, 6.07) is 7.66. The van der Waals surface area contributed by atoms with Crippen LogP contribution in [0.15, 0.2) is 24.3 Å². The SMILES string of the molecule is N#CCCCCN1CCN(c2cccc(C(F)(F)F)c2)CC1. The van der Waals surface area contributed by atoms with E-state index in [1.54, 1.807) is 6.07 Å². The van der Waals surface area contributed by atoms with Gasteiger partial charge in [-0.15, -0.1) is 0 Å². The van der Waals surface area contributed by atoms with E-state index in [4.69, 9.17) is 5.26 Å². The second-order valence-electron chi connectivity index (χ2n) is 5.49. The Labute approximate surface area is 128 Å². The molecule has 1 heterocycles. The largest absolute Gasteiger partial charge is 0.416 e. The van der Waals surface area contributed by atoms with E-state index >= 15 is 0 Å². The quantitative estimate of drug-likeness (QED) is 0.779. The van der Waals surface area contributed by atoms with Crippen molar-refractivity contribution < 1.29 is 13.2 Å². The van der Waals surface area contributed by atoms with Crippen LogP contribution >= 0.6 is 0 Å². The Hall–Kier alpha value is -1.74. The average Bonchev–Trinajstić information content (AvgIpc) is 2.51. The number of rotatable bonds is 5. The third-order valence-electron chi connectivity index (χ3n) is 3.92. The van der Waals surface area contributed by atoms with Crippen LogP contribution in [0.5, 0.6) is 0 Å². The summed E-state index contributed by atoms with van der Waals surface area (Å²) < 4.78 is 38.2. The van der Waals surface area contributed by atoms with Gasteiger partial charge in [-0.05, 0) is 37.6 Å². The molecular weight excluding hydrogens is 291 g/mol. The number of alkyl halides is 3. The molecule has 6 heteroatoms. The molecule has 2 rings (SSSR count). The van der Waals surface area contributed by atoms with Crippen molar-refractivity contribution in [3.8, 4) is 6.07 Å². The van der Waals surface area contributed by atoms with Gasteiger partial charge in [0.25, 0.3) is 0 Å². The Morgan fingerprint density at radius 2 is 1.82 bits per heavy atom. The highest BCUT2D eigenvalue weighted by atomic mass is 19.4. The van der Waals surface area contributed by atoms with Crippen LogP contribution in [0.3, 0.4) is 0 Å². The standard InChI is InChI=1S/C16H20F3N3/c17-16(18,19)14-5-4-6-15(13-14)22-11-9-21(10-12-22)8-3-1-2-7-20/h4-6,13H,1-3,8-12H2. The monoisotopic (exact) mass is 311 g/mol. The van der Waals surface area contributed by atoms with Gasteiger partial charge in [0.2, 0.25) is 0 Å². The molecule has 0 aliphatic carbocycles. The zero-order chi connectivity index (χ0) is 16.0. The van der Waals surface area contributed by atoms with E-state index in [0.29, 0.717) is 12.1 Å². The minimum atomic E-state index is -4.29. The average molecular weight is 311 g/mol. The van der Waals surface area contributed by atoms with E-state index in [1.165, 1.54) is 12.1 Å². The second kappa shape index (κ2) is 7.50. The van der Waals surface area contributed by atoms with Crippen LogP contribution in [0.2, 0.25) is 0 Å². The molecule has 1 fully saturated rings. The van der Waals surface area contributed by atoms with Crippen LogP contribution in [-0.2, 0) is 6.18 Å². The number of nitriles is 1. The molecule has 0 saturated carbocycles. The number of anilines is 1. The normalized spacial score (nSPS) is 16.5. The molecule has 1 aliphatic rings. The summed E-state index contributed by atoms with van der Waals surface area (Å²) in [7, 11) is 0. The Bertz CT molecular complexity index is 514. The summed E-state index contributed by atoms with van der Waals surface area (Å²) in [6.45, 7) is 4.13. The molecule has 1 aromatic carbocycles. The van der Waals surface area contributed by atoms with E-state index < -0.39 is 11.7 Å². The van der Waals surface area contributed by atoms with Crippen molar-refractivity contribution in [3.05, 3.63) is 29.8 Å². The molecule has 120 valence electrons. The number of halogens is 3. The lowest BCUT2D eigenvalue weighted by molar-refractivity contribution is -0.137. The van der Waals surface area contributed by atoms with Crippen molar-refractivity contribution in [3.63, 3.8) is 0 Å². The minimum absolute atomic E-state index is 0.587. The predicted octanol–water partition coefficient (Wildman–Crippen LogP) is 3.52. The van der Waals surface area contributed by atoms with Crippen LogP contribution < -0.4 is 4.90 Å². The first-order chi connectivity index (χ1) is 10.5. The lowest BCUT2D eigenvalue weighted by Crippen LogP contribution is -2.46. The van der Waals surface area contributed by atoms with E-state index in [-0.39, 0.29) is 0 Å². The lowest BCUT2D eigenvalue weighted by Gasteiger charge is -2.36. The number of unbranched alkanes of at least 4 members (excludes halogenated alkanes) is 2. The summed E-state index contributed by atoms with van der Waals surface area (Å²) >= 11 is 0. The molecule has 1 aliphatic heterocycles. The summed E-state index contributed by atoms with van der Waals surface area (Å²) in [5, 5.41) is 8.49. The van der Waals surface area contributed by atoms with Gasteiger partial charge in [0.15, 0.2) is 0 Å². The van der Waals surface area contributed by atoms with Crippen molar-refractivity contribution in [2.24, 2.45) is 0 Å². The number of hydrogen-bond acceptors (Lipinski definition) is 3. The van der Waals surface area contributed by atoms with Gasteiger partial charge in [-0.25, -0.2) is 0 Å². The summed E-state index contributed by atoms with van der Waals surface area (Å²) in [4.78, 5) is 4.31. The van der Waals surface area contributed by atoms with Gasteiger partial charge >= 0.3 is 6.18 Å². The van der Waals surface area contributed by atoms with Gasteiger partial charge in [0, 0.05) is 38.3 Å². The maximum absolute atomic E-state index is 12.7. The number of hydrogen-bond donors (Lipinski definition) is 0. The first-order valence-corrected chi connectivity index (χ1v) is 7.52. The van der Waals surface area contributed by atoms with Crippen LogP contribution in [0.25, 0.3) is 0 Å². The maximum Gasteiger partial charge on any atom is 0.416 e. The van der Waals surface area contributed by atoms with Crippen LogP contribution in [0.1, 0.15) is 24.8 Å². The maximum atomic E-state index is 12.7. The zero-order valence-electron chi connectivity index (χ0n) is 12.4.